The first-order valence-electron chi connectivity index (χ1n) is 16.9. The van der Waals surface area contributed by atoms with Crippen molar-refractivity contribution in [2.24, 2.45) is 11.3 Å². The number of likely N-dealkylation sites (tertiary alicyclic amines) is 1. The number of esters is 1. The first-order valence-corrected chi connectivity index (χ1v) is 17.8. The lowest BCUT2D eigenvalue weighted by Crippen LogP contribution is -2.57. The lowest BCUT2D eigenvalue weighted by atomic mass is 9.85. The molecule has 0 saturated carbocycles. The van der Waals surface area contributed by atoms with Crippen molar-refractivity contribution in [1.29, 1.82) is 0 Å². The van der Waals surface area contributed by atoms with Gasteiger partial charge in [-0.2, -0.15) is 0 Å². The molecule has 49 heavy (non-hydrogen) atoms. The van der Waals surface area contributed by atoms with Crippen LogP contribution in [0.25, 0.3) is 10.4 Å². The Kier molecular flexibility index (Phi) is 14.8. The third-order valence-corrected chi connectivity index (χ3v) is 8.57. The Labute approximate surface area is 296 Å². The van der Waals surface area contributed by atoms with Crippen LogP contribution in [0.1, 0.15) is 107 Å². The van der Waals surface area contributed by atoms with Crippen molar-refractivity contribution in [3.05, 3.63) is 35.0 Å². The number of carbonyl (C=O) groups is 4. The van der Waals surface area contributed by atoms with Gasteiger partial charge < -0.3 is 30.1 Å². The molecule has 1 aromatic heterocycles. The Morgan fingerprint density at radius 1 is 1.08 bits per heavy atom. The monoisotopic (exact) mass is 702 g/mol. The number of hydrogen-bond donors (Lipinski definition) is 3. The zero-order chi connectivity index (χ0) is 37.3. The summed E-state index contributed by atoms with van der Waals surface area (Å²) in [5, 5.41) is 15.5. The van der Waals surface area contributed by atoms with E-state index < -0.39 is 23.1 Å². The number of aromatic nitrogens is 1. The van der Waals surface area contributed by atoms with Crippen LogP contribution in [0.5, 0.6) is 5.75 Å². The SMILES string of the molecule is CC(=O)NC(C(=O)N1CCCC1C(=O)NCc1ccc(-c2scnc2C)cc1OC(C)(C)CO)C(C)(C)C.CC(C)CC(=O)OC(C)(C)C. The van der Waals surface area contributed by atoms with Crippen LogP contribution < -0.4 is 15.4 Å². The summed E-state index contributed by atoms with van der Waals surface area (Å²) < 4.78 is 11.3. The van der Waals surface area contributed by atoms with Gasteiger partial charge in [0.1, 0.15) is 29.0 Å². The third kappa shape index (κ3) is 13.4. The second-order valence-corrected chi connectivity index (χ2v) is 16.6. The highest BCUT2D eigenvalue weighted by atomic mass is 32.1. The second kappa shape index (κ2) is 17.4. The Morgan fingerprint density at radius 2 is 1.73 bits per heavy atom. The van der Waals surface area contributed by atoms with E-state index in [2.05, 4.69) is 15.6 Å². The number of amides is 3. The van der Waals surface area contributed by atoms with Gasteiger partial charge in [-0.25, -0.2) is 4.98 Å². The van der Waals surface area contributed by atoms with Crippen molar-refractivity contribution in [2.45, 2.75) is 132 Å². The minimum absolute atomic E-state index is 0.104. The summed E-state index contributed by atoms with van der Waals surface area (Å²) in [4.78, 5) is 56.5. The molecule has 274 valence electrons. The lowest BCUT2D eigenvalue weighted by Gasteiger charge is -2.35. The van der Waals surface area contributed by atoms with Crippen LogP contribution in [0.3, 0.4) is 0 Å². The summed E-state index contributed by atoms with van der Waals surface area (Å²) in [5.41, 5.74) is 2.75. The van der Waals surface area contributed by atoms with Gasteiger partial charge in [0.25, 0.3) is 0 Å². The maximum Gasteiger partial charge on any atom is 0.306 e. The quantitative estimate of drug-likeness (QED) is 0.249. The number of aliphatic hydroxyl groups is 1. The highest BCUT2D eigenvalue weighted by Crippen LogP contribution is 2.34. The first kappa shape index (κ1) is 41.7. The highest BCUT2D eigenvalue weighted by Gasteiger charge is 2.41. The molecule has 1 aromatic carbocycles. The number of nitrogens with zero attached hydrogens (tertiary/aromatic N) is 2. The zero-order valence-corrected chi connectivity index (χ0v) is 32.3. The van der Waals surface area contributed by atoms with Crippen LogP contribution in [0, 0.1) is 18.3 Å². The standard InChI is InChI=1S/C28H40N4O5S.C9H18O2/c1-17-23(38-16-30-17)19-10-11-20(22(13-19)37-28(6,7)15-33)14-29-25(35)21-9-8-12-32(21)26(36)24(27(3,4)5)31-18(2)34;1-7(2)6-8(10)11-9(3,4)5/h10-11,13,16,21,24,33H,8-9,12,14-15H2,1-7H3,(H,29,35)(H,31,34);7H,6H2,1-5H3. The van der Waals surface area contributed by atoms with Crippen LogP contribution in [-0.4, -0.2) is 75.1 Å². The fourth-order valence-electron chi connectivity index (χ4n) is 5.18. The van der Waals surface area contributed by atoms with Crippen LogP contribution in [0.4, 0.5) is 0 Å². The number of benzene rings is 1. The molecule has 0 bridgehead atoms. The fourth-order valence-corrected chi connectivity index (χ4v) is 5.99. The van der Waals surface area contributed by atoms with Crippen molar-refractivity contribution >= 4 is 35.0 Å². The van der Waals surface area contributed by atoms with E-state index in [9.17, 15) is 24.3 Å². The molecule has 1 fully saturated rings. The summed E-state index contributed by atoms with van der Waals surface area (Å²) in [6.07, 6.45) is 1.78. The van der Waals surface area contributed by atoms with Crippen LogP contribution >= 0.6 is 11.3 Å². The second-order valence-electron chi connectivity index (χ2n) is 15.7. The minimum Gasteiger partial charge on any atom is -0.485 e. The summed E-state index contributed by atoms with van der Waals surface area (Å²) in [7, 11) is 0. The van der Waals surface area contributed by atoms with Gasteiger partial charge in [-0.05, 0) is 77.3 Å². The molecule has 3 amide bonds. The summed E-state index contributed by atoms with van der Waals surface area (Å²) in [6.45, 7) is 22.7. The Balaban J connectivity index is 0.000000650. The number of aryl methyl sites for hydroxylation is 1. The van der Waals surface area contributed by atoms with E-state index in [0.29, 0.717) is 37.5 Å². The summed E-state index contributed by atoms with van der Waals surface area (Å²) >= 11 is 1.54. The van der Waals surface area contributed by atoms with E-state index in [1.807, 2.05) is 80.5 Å². The average Bonchev–Trinajstić information content (AvgIpc) is 3.62. The average molecular weight is 703 g/mol. The van der Waals surface area contributed by atoms with Crippen LogP contribution in [-0.2, 0) is 30.5 Å². The van der Waals surface area contributed by atoms with Crippen LogP contribution in [0.2, 0.25) is 0 Å². The molecule has 0 aliphatic carbocycles. The van der Waals surface area contributed by atoms with E-state index in [4.69, 9.17) is 9.47 Å². The largest absolute Gasteiger partial charge is 0.485 e. The Morgan fingerprint density at radius 3 is 2.24 bits per heavy atom. The topological polar surface area (TPSA) is 147 Å². The van der Waals surface area contributed by atoms with Gasteiger partial charge in [-0.1, -0.05) is 46.8 Å². The van der Waals surface area contributed by atoms with Crippen molar-refractivity contribution in [1.82, 2.24) is 20.5 Å². The molecular formula is C37H58N4O7S. The highest BCUT2D eigenvalue weighted by molar-refractivity contribution is 7.13. The number of ether oxygens (including phenoxy) is 2. The first-order chi connectivity index (χ1) is 22.5. The number of rotatable bonds is 11. The molecule has 3 rings (SSSR count). The number of thiazole rings is 1. The Hall–Kier alpha value is -3.51. The molecule has 3 N–H and O–H groups in total. The molecule has 12 heteroatoms. The predicted molar refractivity (Wildman–Crippen MR) is 193 cm³/mol. The maximum absolute atomic E-state index is 13.4. The van der Waals surface area contributed by atoms with Crippen LogP contribution in [0.15, 0.2) is 23.7 Å². The molecule has 0 spiro atoms. The summed E-state index contributed by atoms with van der Waals surface area (Å²) in [5.74, 6) is 0.0583. The van der Waals surface area contributed by atoms with E-state index in [-0.39, 0.29) is 42.4 Å². The Bertz CT molecular complexity index is 1440. The van der Waals surface area contributed by atoms with E-state index >= 15 is 0 Å². The third-order valence-electron chi connectivity index (χ3n) is 7.59. The van der Waals surface area contributed by atoms with Gasteiger partial charge in [0.15, 0.2) is 0 Å². The number of aliphatic hydroxyl groups excluding tert-OH is 1. The molecule has 2 unspecified atom stereocenters. The molecule has 2 aromatic rings. The van der Waals surface area contributed by atoms with Crippen molar-refractivity contribution in [3.8, 4) is 16.2 Å². The molecule has 11 nitrogen and oxygen atoms in total. The number of nitrogens with one attached hydrogen (secondary N) is 2. The minimum atomic E-state index is -0.819. The van der Waals surface area contributed by atoms with Crippen molar-refractivity contribution < 1.29 is 33.8 Å². The van der Waals surface area contributed by atoms with Gasteiger partial charge in [0.2, 0.25) is 17.7 Å². The summed E-state index contributed by atoms with van der Waals surface area (Å²) in [6, 6.07) is 4.44. The van der Waals surface area contributed by atoms with Gasteiger partial charge in [-0.15, -0.1) is 11.3 Å². The normalized spacial score (nSPS) is 15.6. The van der Waals surface area contributed by atoms with E-state index in [1.54, 1.807) is 24.3 Å². The lowest BCUT2D eigenvalue weighted by molar-refractivity contribution is -0.155. The van der Waals surface area contributed by atoms with E-state index in [1.165, 1.54) is 18.3 Å². The van der Waals surface area contributed by atoms with Gasteiger partial charge >= 0.3 is 5.97 Å². The van der Waals surface area contributed by atoms with Gasteiger partial charge in [-0.3, -0.25) is 19.2 Å². The number of carbonyl (C=O) groups excluding carboxylic acids is 4. The number of hydrogen-bond acceptors (Lipinski definition) is 9. The smallest absolute Gasteiger partial charge is 0.306 e. The predicted octanol–water partition coefficient (Wildman–Crippen LogP) is 5.80. The zero-order valence-electron chi connectivity index (χ0n) is 31.5. The van der Waals surface area contributed by atoms with E-state index in [0.717, 1.165) is 21.7 Å². The molecule has 1 aliphatic heterocycles. The maximum atomic E-state index is 13.4. The fraction of sp³-hybridized carbons (Fsp3) is 0.649. The van der Waals surface area contributed by atoms with Crippen molar-refractivity contribution in [3.63, 3.8) is 0 Å². The van der Waals surface area contributed by atoms with Gasteiger partial charge in [0.05, 0.1) is 22.7 Å². The molecule has 0 radical (unpaired) electrons. The molecule has 1 saturated heterocycles. The molecule has 2 atom stereocenters. The van der Waals surface area contributed by atoms with Gasteiger partial charge in [0, 0.05) is 32.0 Å². The molecule has 1 aliphatic rings. The van der Waals surface area contributed by atoms with Crippen molar-refractivity contribution in [2.75, 3.05) is 13.2 Å². The molecule has 2 heterocycles. The molecular weight excluding hydrogens is 644 g/mol.